The lowest BCUT2D eigenvalue weighted by Gasteiger charge is -2.15. The van der Waals surface area contributed by atoms with Crippen molar-refractivity contribution in [2.24, 2.45) is 0 Å². The highest BCUT2D eigenvalue weighted by molar-refractivity contribution is 7.89. The number of amides is 1. The summed E-state index contributed by atoms with van der Waals surface area (Å²) in [6.45, 7) is 1.67. The van der Waals surface area contributed by atoms with Crippen molar-refractivity contribution in [3.05, 3.63) is 53.8 Å². The number of halogens is 1. The summed E-state index contributed by atoms with van der Waals surface area (Å²) in [5, 5.41) is 5.35. The number of carbonyl (C=O) groups is 1. The van der Waals surface area contributed by atoms with Crippen LogP contribution in [0.25, 0.3) is 0 Å². The molecule has 0 aliphatic rings. The van der Waals surface area contributed by atoms with Crippen molar-refractivity contribution in [2.45, 2.75) is 11.8 Å². The Morgan fingerprint density at radius 2 is 1.80 bits per heavy atom. The summed E-state index contributed by atoms with van der Waals surface area (Å²) in [4.78, 5) is 12.1. The van der Waals surface area contributed by atoms with Crippen LogP contribution in [-0.2, 0) is 14.8 Å². The van der Waals surface area contributed by atoms with E-state index in [0.29, 0.717) is 5.69 Å². The van der Waals surface area contributed by atoms with E-state index in [0.717, 1.165) is 9.87 Å². The van der Waals surface area contributed by atoms with Gasteiger partial charge in [0.25, 0.3) is 0 Å². The predicted molar refractivity (Wildman–Crippen MR) is 95.6 cm³/mol. The maximum absolute atomic E-state index is 13.5. The first-order valence-corrected chi connectivity index (χ1v) is 8.97. The molecule has 0 spiro atoms. The normalized spacial score (nSPS) is 11.4. The van der Waals surface area contributed by atoms with E-state index in [4.69, 9.17) is 0 Å². The van der Waals surface area contributed by atoms with Gasteiger partial charge in [-0.15, -0.1) is 0 Å². The lowest BCUT2D eigenvalue weighted by Crippen LogP contribution is -2.24. The minimum Gasteiger partial charge on any atom is -0.376 e. The molecular formula is C17H20FN3O3S. The summed E-state index contributed by atoms with van der Waals surface area (Å²) < 4.78 is 39.0. The first-order valence-electron chi connectivity index (χ1n) is 7.53. The van der Waals surface area contributed by atoms with Crippen molar-refractivity contribution in [3.63, 3.8) is 0 Å². The van der Waals surface area contributed by atoms with Crippen molar-refractivity contribution >= 4 is 27.3 Å². The molecule has 2 N–H and O–H groups in total. The molecule has 2 aromatic carbocycles. The zero-order valence-corrected chi connectivity index (χ0v) is 15.0. The molecule has 0 atom stereocenters. The van der Waals surface area contributed by atoms with Gasteiger partial charge < -0.3 is 10.6 Å². The van der Waals surface area contributed by atoms with Crippen LogP contribution in [0, 0.1) is 12.7 Å². The minimum absolute atomic E-state index is 0.0926. The topological polar surface area (TPSA) is 78.5 Å². The van der Waals surface area contributed by atoms with Gasteiger partial charge in [-0.25, -0.2) is 17.1 Å². The average molecular weight is 365 g/mol. The van der Waals surface area contributed by atoms with Gasteiger partial charge in [-0.3, -0.25) is 4.79 Å². The molecule has 2 aromatic rings. The van der Waals surface area contributed by atoms with Crippen LogP contribution >= 0.6 is 0 Å². The first-order chi connectivity index (χ1) is 11.7. The molecule has 0 saturated carbocycles. The predicted octanol–water partition coefficient (Wildman–Crippen LogP) is 2.44. The van der Waals surface area contributed by atoms with E-state index in [-0.39, 0.29) is 17.1 Å². The largest absolute Gasteiger partial charge is 0.376 e. The molecule has 0 heterocycles. The fourth-order valence-electron chi connectivity index (χ4n) is 2.10. The van der Waals surface area contributed by atoms with Crippen molar-refractivity contribution in [2.75, 3.05) is 31.3 Å². The molecule has 0 bridgehead atoms. The molecule has 25 heavy (non-hydrogen) atoms. The van der Waals surface area contributed by atoms with Gasteiger partial charge >= 0.3 is 0 Å². The number of sulfonamides is 1. The molecule has 134 valence electrons. The Morgan fingerprint density at radius 1 is 1.12 bits per heavy atom. The standard InChI is InChI=1S/C17H20FN3O3S/c1-12-8-9-13(25(23,24)21(2)3)10-16(12)19-11-17(22)20-15-7-5-4-6-14(15)18/h4-10,19H,11H2,1-3H3,(H,20,22). The molecule has 0 saturated heterocycles. The van der Waals surface area contributed by atoms with E-state index in [1.807, 2.05) is 0 Å². The summed E-state index contributed by atoms with van der Waals surface area (Å²) >= 11 is 0. The van der Waals surface area contributed by atoms with Crippen molar-refractivity contribution in [1.82, 2.24) is 4.31 Å². The maximum atomic E-state index is 13.5. The molecule has 0 aromatic heterocycles. The lowest BCUT2D eigenvalue weighted by molar-refractivity contribution is -0.114. The number of para-hydroxylation sites is 1. The second-order valence-corrected chi connectivity index (χ2v) is 7.80. The number of hydrogen-bond acceptors (Lipinski definition) is 4. The van der Waals surface area contributed by atoms with Crippen LogP contribution in [0.2, 0.25) is 0 Å². The summed E-state index contributed by atoms with van der Waals surface area (Å²) in [7, 11) is -0.669. The monoisotopic (exact) mass is 365 g/mol. The number of hydrogen-bond donors (Lipinski definition) is 2. The Balaban J connectivity index is 2.10. The Kier molecular flexibility index (Phi) is 5.76. The fourth-order valence-corrected chi connectivity index (χ4v) is 3.02. The molecule has 6 nitrogen and oxygen atoms in total. The lowest BCUT2D eigenvalue weighted by atomic mass is 10.2. The van der Waals surface area contributed by atoms with E-state index in [2.05, 4.69) is 10.6 Å². The highest BCUT2D eigenvalue weighted by Gasteiger charge is 2.18. The van der Waals surface area contributed by atoms with E-state index in [9.17, 15) is 17.6 Å². The summed E-state index contributed by atoms with van der Waals surface area (Å²) in [6, 6.07) is 10.5. The van der Waals surface area contributed by atoms with Crippen LogP contribution in [0.4, 0.5) is 15.8 Å². The van der Waals surface area contributed by atoms with Crippen LogP contribution in [-0.4, -0.2) is 39.3 Å². The third-order valence-electron chi connectivity index (χ3n) is 3.57. The van der Waals surface area contributed by atoms with Crippen LogP contribution < -0.4 is 10.6 Å². The molecule has 0 unspecified atom stereocenters. The first kappa shape index (κ1) is 18.9. The maximum Gasteiger partial charge on any atom is 0.243 e. The zero-order valence-electron chi connectivity index (χ0n) is 14.2. The van der Waals surface area contributed by atoms with Crippen LogP contribution in [0.3, 0.4) is 0 Å². The average Bonchev–Trinajstić information content (AvgIpc) is 2.56. The quantitative estimate of drug-likeness (QED) is 0.824. The second-order valence-electron chi connectivity index (χ2n) is 5.65. The number of rotatable bonds is 6. The highest BCUT2D eigenvalue weighted by atomic mass is 32.2. The second kappa shape index (κ2) is 7.62. The van der Waals surface area contributed by atoms with Gasteiger partial charge in [0, 0.05) is 19.8 Å². The molecule has 0 fully saturated rings. The molecule has 0 radical (unpaired) electrons. The van der Waals surface area contributed by atoms with Gasteiger partial charge in [-0.1, -0.05) is 18.2 Å². The number of nitrogens with zero attached hydrogens (tertiary/aromatic N) is 1. The van der Waals surface area contributed by atoms with Crippen LogP contribution in [0.15, 0.2) is 47.4 Å². The number of anilines is 2. The summed E-state index contributed by atoms with van der Waals surface area (Å²) in [5.74, 6) is -0.962. The molecule has 0 aliphatic carbocycles. The van der Waals surface area contributed by atoms with Crippen molar-refractivity contribution in [3.8, 4) is 0 Å². The fraction of sp³-hybridized carbons (Fsp3) is 0.235. The number of carbonyl (C=O) groups excluding carboxylic acids is 1. The van der Waals surface area contributed by atoms with Gasteiger partial charge in [0.15, 0.2) is 0 Å². The molecule has 1 amide bonds. The molecule has 0 aliphatic heterocycles. The Bertz CT molecular complexity index is 882. The smallest absolute Gasteiger partial charge is 0.243 e. The van der Waals surface area contributed by atoms with E-state index < -0.39 is 21.7 Å². The summed E-state index contributed by atoms with van der Waals surface area (Å²) in [5.41, 5.74) is 1.40. The SMILES string of the molecule is Cc1ccc(S(=O)(=O)N(C)C)cc1NCC(=O)Nc1ccccc1F. The Hall–Kier alpha value is -2.45. The highest BCUT2D eigenvalue weighted by Crippen LogP contribution is 2.22. The summed E-state index contributed by atoms with van der Waals surface area (Å²) in [6.07, 6.45) is 0. The van der Waals surface area contributed by atoms with Gasteiger partial charge in [0.05, 0.1) is 17.1 Å². The van der Waals surface area contributed by atoms with Crippen LogP contribution in [0.1, 0.15) is 5.56 Å². The van der Waals surface area contributed by atoms with Gasteiger partial charge in [0.2, 0.25) is 15.9 Å². The zero-order chi connectivity index (χ0) is 18.6. The van der Waals surface area contributed by atoms with E-state index in [1.165, 1.54) is 44.4 Å². The van der Waals surface area contributed by atoms with E-state index in [1.54, 1.807) is 19.1 Å². The van der Waals surface area contributed by atoms with Gasteiger partial charge in [-0.05, 0) is 36.8 Å². The van der Waals surface area contributed by atoms with Gasteiger partial charge in [-0.2, -0.15) is 0 Å². The van der Waals surface area contributed by atoms with Crippen molar-refractivity contribution < 1.29 is 17.6 Å². The molecule has 8 heteroatoms. The number of benzene rings is 2. The Labute approximate surface area is 146 Å². The molecular weight excluding hydrogens is 345 g/mol. The number of aryl methyl sites for hydroxylation is 1. The van der Waals surface area contributed by atoms with Gasteiger partial charge in [0.1, 0.15) is 5.82 Å². The molecule has 2 rings (SSSR count). The number of nitrogens with one attached hydrogen (secondary N) is 2. The van der Waals surface area contributed by atoms with E-state index >= 15 is 0 Å². The minimum atomic E-state index is -3.57. The Morgan fingerprint density at radius 3 is 2.44 bits per heavy atom. The third kappa shape index (κ3) is 4.55. The van der Waals surface area contributed by atoms with Crippen LogP contribution in [0.5, 0.6) is 0 Å². The third-order valence-corrected chi connectivity index (χ3v) is 5.39. The van der Waals surface area contributed by atoms with Crippen molar-refractivity contribution in [1.29, 1.82) is 0 Å².